The van der Waals surface area contributed by atoms with Crippen LogP contribution in [0.15, 0.2) is 21.2 Å². The first-order valence-corrected chi connectivity index (χ1v) is 5.95. The first kappa shape index (κ1) is 11.9. The molecule has 0 fully saturated rings. The van der Waals surface area contributed by atoms with Crippen LogP contribution in [0.2, 0.25) is 0 Å². The summed E-state index contributed by atoms with van der Waals surface area (Å²) in [5.74, 6) is 0.751. The third-order valence-corrected chi connectivity index (χ3v) is 2.82. The molecule has 1 aromatic heterocycles. The van der Waals surface area contributed by atoms with Crippen LogP contribution in [0.3, 0.4) is 0 Å². The fourth-order valence-electron chi connectivity index (χ4n) is 0.903. The van der Waals surface area contributed by atoms with Crippen molar-refractivity contribution in [3.8, 4) is 0 Å². The van der Waals surface area contributed by atoms with Gasteiger partial charge in [0.25, 0.3) is 0 Å². The topological polar surface area (TPSA) is 45.1 Å². The van der Waals surface area contributed by atoms with Gasteiger partial charge in [-0.25, -0.2) is 4.98 Å². The normalized spacial score (nSPS) is 12.6. The van der Waals surface area contributed by atoms with Crippen molar-refractivity contribution in [2.45, 2.75) is 19.4 Å². The van der Waals surface area contributed by atoms with Gasteiger partial charge in [-0.2, -0.15) is 0 Å². The van der Waals surface area contributed by atoms with Gasteiger partial charge in [0.05, 0.1) is 10.6 Å². The summed E-state index contributed by atoms with van der Waals surface area (Å²) in [6.45, 7) is 2.46. The minimum Gasteiger partial charge on any atom is -0.391 e. The number of pyridine rings is 1. The predicted molar refractivity (Wildman–Crippen MR) is 64.4 cm³/mol. The average molecular weight is 324 g/mol. The van der Waals surface area contributed by atoms with Crippen molar-refractivity contribution in [2.24, 2.45) is 0 Å². The number of hydrogen-bond donors (Lipinski definition) is 2. The Kier molecular flexibility index (Phi) is 4.84. The molecule has 3 nitrogen and oxygen atoms in total. The van der Waals surface area contributed by atoms with E-state index in [9.17, 15) is 5.11 Å². The molecule has 0 aliphatic heterocycles. The van der Waals surface area contributed by atoms with Crippen molar-refractivity contribution in [1.82, 2.24) is 4.98 Å². The third-order valence-electron chi connectivity index (χ3n) is 1.78. The standard InChI is InChI=1S/C9H12Br2N2O/c1-2-7(14)5-13-9-8(11)3-6(10)4-12-9/h3-4,7,14H,2,5H2,1H3,(H,12,13). The molecule has 0 bridgehead atoms. The molecule has 0 aromatic carbocycles. The van der Waals surface area contributed by atoms with E-state index in [-0.39, 0.29) is 6.10 Å². The summed E-state index contributed by atoms with van der Waals surface area (Å²) < 4.78 is 1.81. The smallest absolute Gasteiger partial charge is 0.140 e. The van der Waals surface area contributed by atoms with Crippen LogP contribution >= 0.6 is 31.9 Å². The lowest BCUT2D eigenvalue weighted by molar-refractivity contribution is 0.183. The van der Waals surface area contributed by atoms with E-state index < -0.39 is 0 Å². The van der Waals surface area contributed by atoms with E-state index in [1.54, 1.807) is 6.20 Å². The Morgan fingerprint density at radius 2 is 2.29 bits per heavy atom. The summed E-state index contributed by atoms with van der Waals surface area (Å²) in [5.41, 5.74) is 0. The highest BCUT2D eigenvalue weighted by molar-refractivity contribution is 9.11. The largest absolute Gasteiger partial charge is 0.391 e. The Hall–Kier alpha value is -0.130. The molecule has 0 saturated heterocycles. The van der Waals surface area contributed by atoms with E-state index in [0.717, 1.165) is 21.2 Å². The van der Waals surface area contributed by atoms with Crippen LogP contribution in [0, 0.1) is 0 Å². The van der Waals surface area contributed by atoms with E-state index in [0.29, 0.717) is 6.54 Å². The second-order valence-electron chi connectivity index (χ2n) is 2.93. The lowest BCUT2D eigenvalue weighted by Gasteiger charge is -2.11. The van der Waals surface area contributed by atoms with Crippen molar-refractivity contribution in [2.75, 3.05) is 11.9 Å². The molecule has 1 heterocycles. The molecule has 1 aromatic rings. The van der Waals surface area contributed by atoms with Crippen molar-refractivity contribution in [1.29, 1.82) is 0 Å². The molecule has 0 saturated carbocycles. The molecule has 2 N–H and O–H groups in total. The van der Waals surface area contributed by atoms with Crippen LogP contribution in [-0.4, -0.2) is 22.7 Å². The zero-order valence-corrected chi connectivity index (χ0v) is 11.0. The van der Waals surface area contributed by atoms with Gasteiger partial charge in [-0.1, -0.05) is 6.92 Å². The fraction of sp³-hybridized carbons (Fsp3) is 0.444. The lowest BCUT2D eigenvalue weighted by Crippen LogP contribution is -2.18. The van der Waals surface area contributed by atoms with Crippen LogP contribution < -0.4 is 5.32 Å². The zero-order valence-electron chi connectivity index (χ0n) is 7.80. The summed E-state index contributed by atoms with van der Waals surface area (Å²) in [4.78, 5) is 4.17. The summed E-state index contributed by atoms with van der Waals surface area (Å²) in [7, 11) is 0. The molecule has 78 valence electrons. The number of anilines is 1. The molecule has 0 amide bonds. The Labute approximate surface area is 100 Å². The number of aromatic nitrogens is 1. The van der Waals surface area contributed by atoms with Crippen LogP contribution in [0.5, 0.6) is 0 Å². The van der Waals surface area contributed by atoms with Crippen LogP contribution in [-0.2, 0) is 0 Å². The van der Waals surface area contributed by atoms with Gasteiger partial charge in [0, 0.05) is 17.2 Å². The maximum Gasteiger partial charge on any atom is 0.140 e. The Balaban J connectivity index is 2.59. The maximum absolute atomic E-state index is 9.35. The highest BCUT2D eigenvalue weighted by Gasteiger charge is 2.04. The van der Waals surface area contributed by atoms with Gasteiger partial charge in [0.15, 0.2) is 0 Å². The summed E-state index contributed by atoms with van der Waals surface area (Å²) in [6, 6.07) is 1.91. The zero-order chi connectivity index (χ0) is 10.6. The van der Waals surface area contributed by atoms with Crippen molar-refractivity contribution in [3.05, 3.63) is 21.2 Å². The van der Waals surface area contributed by atoms with E-state index in [2.05, 4.69) is 42.2 Å². The molecule has 1 rings (SSSR count). The molecule has 5 heteroatoms. The van der Waals surface area contributed by atoms with Crippen LogP contribution in [0.4, 0.5) is 5.82 Å². The summed E-state index contributed by atoms with van der Waals surface area (Å²) >= 11 is 6.70. The van der Waals surface area contributed by atoms with Gasteiger partial charge in [0.1, 0.15) is 5.82 Å². The second kappa shape index (κ2) is 5.68. The minimum absolute atomic E-state index is 0.327. The van der Waals surface area contributed by atoms with Gasteiger partial charge < -0.3 is 10.4 Å². The van der Waals surface area contributed by atoms with E-state index >= 15 is 0 Å². The molecule has 14 heavy (non-hydrogen) atoms. The van der Waals surface area contributed by atoms with E-state index in [1.165, 1.54) is 0 Å². The van der Waals surface area contributed by atoms with Gasteiger partial charge in [0.2, 0.25) is 0 Å². The first-order valence-electron chi connectivity index (χ1n) is 4.36. The fourth-order valence-corrected chi connectivity index (χ4v) is 2.03. The molecule has 0 aliphatic carbocycles. The van der Waals surface area contributed by atoms with Crippen molar-refractivity contribution in [3.63, 3.8) is 0 Å². The maximum atomic E-state index is 9.35. The van der Waals surface area contributed by atoms with Crippen molar-refractivity contribution >= 4 is 37.7 Å². The average Bonchev–Trinajstić information content (AvgIpc) is 2.16. The Morgan fingerprint density at radius 3 is 2.86 bits per heavy atom. The van der Waals surface area contributed by atoms with Gasteiger partial charge >= 0.3 is 0 Å². The number of aliphatic hydroxyl groups excluding tert-OH is 1. The number of aliphatic hydroxyl groups is 1. The van der Waals surface area contributed by atoms with E-state index in [4.69, 9.17) is 0 Å². The highest BCUT2D eigenvalue weighted by Crippen LogP contribution is 2.23. The quantitative estimate of drug-likeness (QED) is 0.895. The highest BCUT2D eigenvalue weighted by atomic mass is 79.9. The van der Waals surface area contributed by atoms with Gasteiger partial charge in [-0.05, 0) is 44.3 Å². The Morgan fingerprint density at radius 1 is 1.57 bits per heavy atom. The predicted octanol–water partition coefficient (Wildman–Crippen LogP) is 2.79. The van der Waals surface area contributed by atoms with Gasteiger partial charge in [-0.3, -0.25) is 0 Å². The molecular weight excluding hydrogens is 312 g/mol. The summed E-state index contributed by atoms with van der Waals surface area (Å²) in [6.07, 6.45) is 2.12. The van der Waals surface area contributed by atoms with E-state index in [1.807, 2.05) is 13.0 Å². The number of hydrogen-bond acceptors (Lipinski definition) is 3. The van der Waals surface area contributed by atoms with Crippen molar-refractivity contribution < 1.29 is 5.11 Å². The van der Waals surface area contributed by atoms with Crippen LogP contribution in [0.1, 0.15) is 13.3 Å². The van der Waals surface area contributed by atoms with Crippen LogP contribution in [0.25, 0.3) is 0 Å². The summed E-state index contributed by atoms with van der Waals surface area (Å²) in [5, 5.41) is 12.4. The lowest BCUT2D eigenvalue weighted by atomic mass is 10.3. The molecule has 1 unspecified atom stereocenters. The van der Waals surface area contributed by atoms with Gasteiger partial charge in [-0.15, -0.1) is 0 Å². The first-order chi connectivity index (χ1) is 6.63. The third kappa shape index (κ3) is 3.55. The Bertz CT molecular complexity index is 307. The number of nitrogens with one attached hydrogen (secondary N) is 1. The molecule has 1 atom stereocenters. The number of nitrogens with zero attached hydrogens (tertiary/aromatic N) is 1. The monoisotopic (exact) mass is 322 g/mol. The molecule has 0 aliphatic rings. The molecule has 0 radical (unpaired) electrons. The molecular formula is C9H12Br2N2O. The number of rotatable bonds is 4. The second-order valence-corrected chi connectivity index (χ2v) is 4.70. The number of halogens is 2. The minimum atomic E-state index is -0.327. The molecule has 0 spiro atoms. The SMILES string of the molecule is CCC(O)CNc1ncc(Br)cc1Br.